The highest BCUT2D eigenvalue weighted by Gasteiger charge is 2.42. The van der Waals surface area contributed by atoms with Gasteiger partial charge in [-0.2, -0.15) is 0 Å². The van der Waals surface area contributed by atoms with Crippen LogP contribution in [0.2, 0.25) is 5.02 Å². The first kappa shape index (κ1) is 20.2. The largest absolute Gasteiger partial charge is 0.473 e. The second-order valence-electron chi connectivity index (χ2n) is 8.91. The van der Waals surface area contributed by atoms with Gasteiger partial charge in [0, 0.05) is 37.9 Å². The quantitative estimate of drug-likeness (QED) is 0.699. The van der Waals surface area contributed by atoms with E-state index in [0.29, 0.717) is 39.9 Å². The van der Waals surface area contributed by atoms with E-state index in [4.69, 9.17) is 21.1 Å². The van der Waals surface area contributed by atoms with E-state index in [0.717, 1.165) is 26.1 Å². The van der Waals surface area contributed by atoms with Crippen LogP contribution < -0.4 is 4.74 Å². The van der Waals surface area contributed by atoms with Gasteiger partial charge in [-0.3, -0.25) is 0 Å². The van der Waals surface area contributed by atoms with Crippen molar-refractivity contribution < 1.29 is 13.9 Å². The molecule has 4 atom stereocenters. The molecule has 0 N–H and O–H groups in total. The van der Waals surface area contributed by atoms with Gasteiger partial charge in [-0.1, -0.05) is 11.6 Å². The van der Waals surface area contributed by atoms with Crippen molar-refractivity contribution in [2.75, 3.05) is 32.8 Å². The van der Waals surface area contributed by atoms with Crippen LogP contribution in [-0.2, 0) is 4.74 Å². The predicted octanol–water partition coefficient (Wildman–Crippen LogP) is 4.45. The molecule has 1 aromatic carbocycles. The number of benzene rings is 1. The lowest BCUT2D eigenvalue weighted by atomic mass is 10.0. The Morgan fingerprint density at radius 3 is 2.67 bits per heavy atom. The highest BCUT2D eigenvalue weighted by atomic mass is 35.5. The van der Waals surface area contributed by atoms with Crippen LogP contribution in [0, 0.1) is 23.6 Å². The molecule has 1 aromatic heterocycles. The SMILES string of the molecule is Fc1ccc(Cl)c(-c2ccc(O[C@@H]3C[C@@H]4CN(CC5CCCOC5)C[C@@H]4C3)nn2)c1. The molecular weight excluding hydrogens is 405 g/mol. The second-order valence-corrected chi connectivity index (χ2v) is 9.32. The van der Waals surface area contributed by atoms with Gasteiger partial charge in [0.1, 0.15) is 11.9 Å². The Labute approximate surface area is 181 Å². The molecule has 2 aromatic rings. The van der Waals surface area contributed by atoms with Crippen molar-refractivity contribution in [3.63, 3.8) is 0 Å². The Balaban J connectivity index is 1.14. The lowest BCUT2D eigenvalue weighted by Crippen LogP contribution is -2.33. The van der Waals surface area contributed by atoms with Gasteiger partial charge in [-0.15, -0.1) is 10.2 Å². The Morgan fingerprint density at radius 2 is 1.97 bits per heavy atom. The molecule has 30 heavy (non-hydrogen) atoms. The van der Waals surface area contributed by atoms with E-state index >= 15 is 0 Å². The fourth-order valence-corrected chi connectivity index (χ4v) is 5.51. The third kappa shape index (κ3) is 4.46. The summed E-state index contributed by atoms with van der Waals surface area (Å²) >= 11 is 6.16. The summed E-state index contributed by atoms with van der Waals surface area (Å²) in [6, 6.07) is 7.81. The van der Waals surface area contributed by atoms with Gasteiger partial charge in [0.05, 0.1) is 17.3 Å². The molecule has 0 amide bonds. The van der Waals surface area contributed by atoms with Crippen LogP contribution in [0.25, 0.3) is 11.3 Å². The molecule has 5 rings (SSSR count). The highest BCUT2D eigenvalue weighted by molar-refractivity contribution is 6.33. The summed E-state index contributed by atoms with van der Waals surface area (Å²) < 4.78 is 25.3. The van der Waals surface area contributed by atoms with Crippen LogP contribution in [0.1, 0.15) is 25.7 Å². The minimum atomic E-state index is -0.348. The molecule has 0 spiro atoms. The lowest BCUT2D eigenvalue weighted by Gasteiger charge is -2.27. The average molecular weight is 432 g/mol. The normalized spacial score (nSPS) is 29.1. The molecule has 2 aliphatic heterocycles. The maximum atomic E-state index is 13.5. The number of aromatic nitrogens is 2. The minimum absolute atomic E-state index is 0.193. The molecule has 3 aliphatic rings. The fraction of sp³-hybridized carbons (Fsp3) is 0.565. The molecule has 3 heterocycles. The van der Waals surface area contributed by atoms with E-state index in [9.17, 15) is 4.39 Å². The van der Waals surface area contributed by atoms with Crippen molar-refractivity contribution in [2.45, 2.75) is 31.8 Å². The third-order valence-corrected chi connectivity index (χ3v) is 7.02. The van der Waals surface area contributed by atoms with Crippen LogP contribution >= 0.6 is 11.6 Å². The van der Waals surface area contributed by atoms with Crippen molar-refractivity contribution in [3.05, 3.63) is 41.2 Å². The standard InChI is InChI=1S/C23H27ClFN3O2/c24-21-4-3-18(25)10-20(21)22-5-6-23(27-26-22)30-19-8-16-12-28(13-17(16)9-19)11-15-2-1-7-29-14-15/h3-6,10,15-17,19H,1-2,7-9,11-14H2/t15?,16-,17+,19-. The first-order chi connectivity index (χ1) is 14.6. The van der Waals surface area contributed by atoms with Crippen molar-refractivity contribution >= 4 is 11.6 Å². The van der Waals surface area contributed by atoms with Gasteiger partial charge < -0.3 is 14.4 Å². The van der Waals surface area contributed by atoms with Crippen LogP contribution in [0.4, 0.5) is 4.39 Å². The van der Waals surface area contributed by atoms with Crippen molar-refractivity contribution in [2.24, 2.45) is 17.8 Å². The van der Waals surface area contributed by atoms with Crippen LogP contribution in [0.3, 0.4) is 0 Å². The second kappa shape index (κ2) is 8.77. The molecule has 1 aliphatic carbocycles. The number of nitrogens with zero attached hydrogens (tertiary/aromatic N) is 3. The number of hydrogen-bond donors (Lipinski definition) is 0. The summed E-state index contributed by atoms with van der Waals surface area (Å²) in [5, 5.41) is 8.85. The number of likely N-dealkylation sites (tertiary alicyclic amines) is 1. The average Bonchev–Trinajstić information content (AvgIpc) is 3.29. The summed E-state index contributed by atoms with van der Waals surface area (Å²) in [5.41, 5.74) is 1.08. The zero-order valence-corrected chi connectivity index (χ0v) is 17.7. The summed E-state index contributed by atoms with van der Waals surface area (Å²) in [6.07, 6.45) is 4.83. The predicted molar refractivity (Wildman–Crippen MR) is 113 cm³/mol. The maximum absolute atomic E-state index is 13.5. The van der Waals surface area contributed by atoms with Gasteiger partial charge in [0.25, 0.3) is 0 Å². The van der Waals surface area contributed by atoms with Gasteiger partial charge in [0.15, 0.2) is 0 Å². The summed E-state index contributed by atoms with van der Waals surface area (Å²) in [4.78, 5) is 2.63. The zero-order valence-electron chi connectivity index (χ0n) is 17.0. The van der Waals surface area contributed by atoms with Crippen molar-refractivity contribution in [3.8, 4) is 17.1 Å². The molecule has 3 fully saturated rings. The van der Waals surface area contributed by atoms with Crippen LogP contribution in [-0.4, -0.2) is 54.0 Å². The smallest absolute Gasteiger partial charge is 0.233 e. The molecule has 5 nitrogen and oxygen atoms in total. The number of fused-ring (bicyclic) bond motifs is 1. The van der Waals surface area contributed by atoms with Crippen LogP contribution in [0.5, 0.6) is 5.88 Å². The molecule has 1 unspecified atom stereocenters. The number of ether oxygens (including phenoxy) is 2. The van der Waals surface area contributed by atoms with E-state index in [1.165, 1.54) is 50.7 Å². The van der Waals surface area contributed by atoms with Crippen LogP contribution in [0.15, 0.2) is 30.3 Å². The summed E-state index contributed by atoms with van der Waals surface area (Å²) in [6.45, 7) is 5.37. The first-order valence-electron chi connectivity index (χ1n) is 10.9. The van der Waals surface area contributed by atoms with Gasteiger partial charge in [-0.05, 0) is 67.7 Å². The van der Waals surface area contributed by atoms with Gasteiger partial charge in [0.2, 0.25) is 5.88 Å². The molecule has 160 valence electrons. The summed E-state index contributed by atoms with van der Waals surface area (Å²) in [5.74, 6) is 2.28. The lowest BCUT2D eigenvalue weighted by molar-refractivity contribution is 0.0401. The van der Waals surface area contributed by atoms with E-state index in [-0.39, 0.29) is 11.9 Å². The molecule has 7 heteroatoms. The topological polar surface area (TPSA) is 47.5 Å². The highest BCUT2D eigenvalue weighted by Crippen LogP contribution is 2.40. The monoisotopic (exact) mass is 431 g/mol. The van der Waals surface area contributed by atoms with Gasteiger partial charge >= 0.3 is 0 Å². The summed E-state index contributed by atoms with van der Waals surface area (Å²) in [7, 11) is 0. The van der Waals surface area contributed by atoms with Crippen molar-refractivity contribution in [1.82, 2.24) is 15.1 Å². The van der Waals surface area contributed by atoms with E-state index in [2.05, 4.69) is 15.1 Å². The van der Waals surface area contributed by atoms with Gasteiger partial charge in [-0.25, -0.2) is 4.39 Å². The Kier molecular flexibility index (Phi) is 5.89. The number of hydrogen-bond acceptors (Lipinski definition) is 5. The van der Waals surface area contributed by atoms with E-state index in [1.807, 2.05) is 0 Å². The van der Waals surface area contributed by atoms with E-state index in [1.54, 1.807) is 12.1 Å². The first-order valence-corrected chi connectivity index (χ1v) is 11.3. The van der Waals surface area contributed by atoms with Crippen molar-refractivity contribution in [1.29, 1.82) is 0 Å². The molecule has 0 bridgehead atoms. The zero-order chi connectivity index (χ0) is 20.5. The number of halogens is 2. The fourth-order valence-electron chi connectivity index (χ4n) is 5.29. The molecule has 2 saturated heterocycles. The maximum Gasteiger partial charge on any atom is 0.233 e. The molecule has 0 radical (unpaired) electrons. The minimum Gasteiger partial charge on any atom is -0.473 e. The number of rotatable bonds is 5. The third-order valence-electron chi connectivity index (χ3n) is 6.69. The molecular formula is C23H27ClFN3O2. The van der Waals surface area contributed by atoms with E-state index < -0.39 is 0 Å². The Morgan fingerprint density at radius 1 is 1.13 bits per heavy atom. The molecule has 1 saturated carbocycles. The Hall–Kier alpha value is -1.76. The Bertz CT molecular complexity index is 861.